The van der Waals surface area contributed by atoms with E-state index in [9.17, 15) is 0 Å². The average molecular weight is 218 g/mol. The van der Waals surface area contributed by atoms with Crippen LogP contribution in [0.15, 0.2) is 23.9 Å². The van der Waals surface area contributed by atoms with Gasteiger partial charge in [-0.25, -0.2) is 4.98 Å². The third kappa shape index (κ3) is 2.42. The van der Waals surface area contributed by atoms with Crippen LogP contribution in [-0.4, -0.2) is 25.2 Å². The molecule has 1 aromatic rings. The fourth-order valence-electron chi connectivity index (χ4n) is 1.96. The normalized spacial score (nSPS) is 16.0. The number of pyridine rings is 1. The summed E-state index contributed by atoms with van der Waals surface area (Å²) in [6.45, 7) is 3.89. The number of nitrogens with zero attached hydrogens (tertiary/aromatic N) is 1. The number of rotatable bonds is 2. The monoisotopic (exact) mass is 218 g/mol. The average Bonchev–Trinajstić information content (AvgIpc) is 2.39. The molecule has 2 rings (SSSR count). The Kier molecular flexibility index (Phi) is 3.57. The predicted molar refractivity (Wildman–Crippen MR) is 66.4 cm³/mol. The molecule has 0 saturated carbocycles. The minimum absolute atomic E-state index is 0.856. The highest BCUT2D eigenvalue weighted by molar-refractivity contribution is 5.67. The summed E-state index contributed by atoms with van der Waals surface area (Å²) in [4.78, 5) is 4.34. The van der Waals surface area contributed by atoms with E-state index in [1.54, 1.807) is 0 Å². The molecule has 1 aliphatic heterocycles. The second kappa shape index (κ2) is 5.12. The van der Waals surface area contributed by atoms with Crippen molar-refractivity contribution in [2.45, 2.75) is 19.8 Å². The summed E-state index contributed by atoms with van der Waals surface area (Å²) in [7, 11) is 1.88. The predicted octanol–water partition coefficient (Wildman–Crippen LogP) is 2.71. The first-order valence-corrected chi connectivity index (χ1v) is 5.72. The topological polar surface area (TPSA) is 34.1 Å². The number of hydrogen-bond donors (Lipinski definition) is 1. The lowest BCUT2D eigenvalue weighted by Crippen LogP contribution is -2.08. The maximum Gasteiger partial charge on any atom is 0.125 e. The minimum Gasteiger partial charge on any atom is -0.381 e. The number of aromatic nitrogens is 1. The van der Waals surface area contributed by atoms with Crippen LogP contribution in [0, 0.1) is 0 Å². The summed E-state index contributed by atoms with van der Waals surface area (Å²) in [6, 6.07) is 4.13. The zero-order valence-electron chi connectivity index (χ0n) is 9.92. The second-order valence-corrected chi connectivity index (χ2v) is 4.02. The Hall–Kier alpha value is -1.35. The smallest absolute Gasteiger partial charge is 0.125 e. The maximum atomic E-state index is 5.36. The molecule has 1 N–H and O–H groups in total. The van der Waals surface area contributed by atoms with Gasteiger partial charge in [0.1, 0.15) is 5.82 Å². The zero-order chi connectivity index (χ0) is 11.4. The van der Waals surface area contributed by atoms with E-state index < -0.39 is 0 Å². The SMILES string of the molecule is CNc1ccc(C(C)=C2CCOCC2)cn1. The Morgan fingerprint density at radius 3 is 2.62 bits per heavy atom. The van der Waals surface area contributed by atoms with Crippen LogP contribution in [0.4, 0.5) is 5.82 Å². The van der Waals surface area contributed by atoms with Crippen molar-refractivity contribution in [3.63, 3.8) is 0 Å². The molecule has 1 saturated heterocycles. The first kappa shape index (κ1) is 11.1. The molecule has 1 aromatic heterocycles. The summed E-state index contributed by atoms with van der Waals surface area (Å²) in [5, 5.41) is 3.03. The van der Waals surface area contributed by atoms with Crippen molar-refractivity contribution >= 4 is 11.4 Å². The van der Waals surface area contributed by atoms with E-state index in [2.05, 4.69) is 23.3 Å². The van der Waals surface area contributed by atoms with Crippen LogP contribution in [0.2, 0.25) is 0 Å². The van der Waals surface area contributed by atoms with Crippen LogP contribution in [0.5, 0.6) is 0 Å². The van der Waals surface area contributed by atoms with Crippen LogP contribution in [0.3, 0.4) is 0 Å². The lowest BCUT2D eigenvalue weighted by Gasteiger charge is -2.18. The third-order valence-corrected chi connectivity index (χ3v) is 3.08. The molecule has 16 heavy (non-hydrogen) atoms. The van der Waals surface area contributed by atoms with E-state index in [1.807, 2.05) is 19.3 Å². The van der Waals surface area contributed by atoms with Crippen molar-refractivity contribution in [1.29, 1.82) is 0 Å². The Morgan fingerprint density at radius 1 is 1.31 bits per heavy atom. The molecule has 3 nitrogen and oxygen atoms in total. The number of ether oxygens (including phenoxy) is 1. The summed E-state index contributed by atoms with van der Waals surface area (Å²) >= 11 is 0. The van der Waals surface area contributed by atoms with Crippen LogP contribution < -0.4 is 5.32 Å². The van der Waals surface area contributed by atoms with Crippen LogP contribution >= 0.6 is 0 Å². The second-order valence-electron chi connectivity index (χ2n) is 4.02. The Balaban J connectivity index is 2.21. The van der Waals surface area contributed by atoms with Crippen molar-refractivity contribution in [3.8, 4) is 0 Å². The van der Waals surface area contributed by atoms with Gasteiger partial charge in [0.2, 0.25) is 0 Å². The maximum absolute atomic E-state index is 5.36. The van der Waals surface area contributed by atoms with Gasteiger partial charge in [0, 0.05) is 13.2 Å². The molecule has 0 atom stereocenters. The highest BCUT2D eigenvalue weighted by Crippen LogP contribution is 2.25. The molecule has 86 valence electrons. The van der Waals surface area contributed by atoms with Crippen molar-refractivity contribution in [2.24, 2.45) is 0 Å². The molecule has 0 spiro atoms. The molecule has 0 aromatic carbocycles. The van der Waals surface area contributed by atoms with Gasteiger partial charge in [-0.05, 0) is 43.0 Å². The molecule has 3 heteroatoms. The fraction of sp³-hybridized carbons (Fsp3) is 0.462. The largest absolute Gasteiger partial charge is 0.381 e. The van der Waals surface area contributed by atoms with Crippen molar-refractivity contribution in [1.82, 2.24) is 4.98 Å². The molecule has 0 amide bonds. The van der Waals surface area contributed by atoms with Gasteiger partial charge in [-0.1, -0.05) is 5.57 Å². The van der Waals surface area contributed by atoms with Crippen LogP contribution in [0.25, 0.3) is 5.57 Å². The Bertz CT molecular complexity index is 373. The molecule has 0 aliphatic carbocycles. The van der Waals surface area contributed by atoms with Gasteiger partial charge in [0.25, 0.3) is 0 Å². The fourth-order valence-corrected chi connectivity index (χ4v) is 1.96. The van der Waals surface area contributed by atoms with Crippen molar-refractivity contribution < 1.29 is 4.74 Å². The number of nitrogens with one attached hydrogen (secondary N) is 1. The van der Waals surface area contributed by atoms with E-state index >= 15 is 0 Å². The highest BCUT2D eigenvalue weighted by Gasteiger charge is 2.10. The van der Waals surface area contributed by atoms with Crippen molar-refractivity contribution in [2.75, 3.05) is 25.6 Å². The van der Waals surface area contributed by atoms with Gasteiger partial charge >= 0.3 is 0 Å². The lowest BCUT2D eigenvalue weighted by molar-refractivity contribution is 0.119. The zero-order valence-corrected chi connectivity index (χ0v) is 9.92. The van der Waals surface area contributed by atoms with Crippen LogP contribution in [0.1, 0.15) is 25.3 Å². The van der Waals surface area contributed by atoms with E-state index in [1.165, 1.54) is 16.7 Å². The van der Waals surface area contributed by atoms with Gasteiger partial charge in [-0.2, -0.15) is 0 Å². The Morgan fingerprint density at radius 2 is 2.06 bits per heavy atom. The first-order chi connectivity index (χ1) is 7.81. The van der Waals surface area contributed by atoms with Crippen molar-refractivity contribution in [3.05, 3.63) is 29.5 Å². The molecule has 2 heterocycles. The summed E-state index contributed by atoms with van der Waals surface area (Å²) in [5.74, 6) is 0.911. The lowest BCUT2D eigenvalue weighted by atomic mass is 9.97. The summed E-state index contributed by atoms with van der Waals surface area (Å²) in [5.41, 5.74) is 4.08. The van der Waals surface area contributed by atoms with E-state index in [4.69, 9.17) is 4.74 Å². The number of anilines is 1. The minimum atomic E-state index is 0.856. The quantitative estimate of drug-likeness (QED) is 0.828. The van der Waals surface area contributed by atoms with Crippen LogP contribution in [-0.2, 0) is 4.74 Å². The third-order valence-electron chi connectivity index (χ3n) is 3.08. The van der Waals surface area contributed by atoms with E-state index in [0.29, 0.717) is 0 Å². The van der Waals surface area contributed by atoms with E-state index in [0.717, 1.165) is 31.9 Å². The molecule has 0 radical (unpaired) electrons. The van der Waals surface area contributed by atoms with Gasteiger partial charge in [0.05, 0.1) is 13.2 Å². The molecule has 0 bridgehead atoms. The number of allylic oxidation sites excluding steroid dienone is 1. The molecule has 0 unspecified atom stereocenters. The highest BCUT2D eigenvalue weighted by atomic mass is 16.5. The molecule has 1 aliphatic rings. The Labute approximate surface area is 96.5 Å². The standard InChI is InChI=1S/C13H18N2O/c1-10(11-5-7-16-8-6-11)12-3-4-13(14-2)15-9-12/h3-4,9H,5-8H2,1-2H3,(H,14,15). The van der Waals surface area contributed by atoms with Gasteiger partial charge in [-0.3, -0.25) is 0 Å². The number of hydrogen-bond acceptors (Lipinski definition) is 3. The molecular formula is C13H18N2O. The summed E-state index contributed by atoms with van der Waals surface area (Å²) < 4.78 is 5.36. The van der Waals surface area contributed by atoms with Gasteiger partial charge in [0.15, 0.2) is 0 Å². The first-order valence-electron chi connectivity index (χ1n) is 5.72. The van der Waals surface area contributed by atoms with Gasteiger partial charge in [-0.15, -0.1) is 0 Å². The van der Waals surface area contributed by atoms with Gasteiger partial charge < -0.3 is 10.1 Å². The van der Waals surface area contributed by atoms with E-state index in [-0.39, 0.29) is 0 Å². The molecular weight excluding hydrogens is 200 g/mol. The molecule has 1 fully saturated rings. The summed E-state index contributed by atoms with van der Waals surface area (Å²) in [6.07, 6.45) is 4.04.